The molecule has 0 spiro atoms. The molecule has 1 aliphatic heterocycles. The maximum atomic E-state index is 9.31. The standard InChI is InChI=1S/C17H19N3O3/c1-12-9-20(10-13(2)22-12)17-15(8-18)19-16(23-17)11-21-14-6-4-3-5-7-14/h3-7,12-13H,9-11H2,1-2H3/t12-,13-/m0/s1. The van der Waals surface area contributed by atoms with E-state index in [4.69, 9.17) is 13.9 Å². The van der Waals surface area contributed by atoms with Gasteiger partial charge in [0, 0.05) is 13.1 Å². The quantitative estimate of drug-likeness (QED) is 0.864. The molecule has 0 bridgehead atoms. The van der Waals surface area contributed by atoms with E-state index in [-0.39, 0.29) is 24.5 Å². The van der Waals surface area contributed by atoms with Crippen LogP contribution in [0.15, 0.2) is 34.7 Å². The largest absolute Gasteiger partial charge is 0.484 e. The predicted molar refractivity (Wildman–Crippen MR) is 84.2 cm³/mol. The predicted octanol–water partition coefficient (Wildman–Crippen LogP) is 2.74. The van der Waals surface area contributed by atoms with Crippen LogP contribution in [-0.4, -0.2) is 30.3 Å². The smallest absolute Gasteiger partial charge is 0.236 e. The Balaban J connectivity index is 1.74. The van der Waals surface area contributed by atoms with Crippen LogP contribution in [0.4, 0.5) is 5.88 Å². The van der Waals surface area contributed by atoms with Crippen molar-refractivity contribution < 1.29 is 13.9 Å². The normalized spacial score (nSPS) is 21.0. The monoisotopic (exact) mass is 313 g/mol. The lowest BCUT2D eigenvalue weighted by atomic mass is 10.2. The number of anilines is 1. The zero-order valence-electron chi connectivity index (χ0n) is 13.2. The van der Waals surface area contributed by atoms with E-state index in [1.54, 1.807) is 0 Å². The number of benzene rings is 1. The molecular formula is C17H19N3O3. The minimum Gasteiger partial charge on any atom is -0.484 e. The van der Waals surface area contributed by atoms with Gasteiger partial charge in [0.15, 0.2) is 6.61 Å². The molecule has 3 rings (SSSR count). The van der Waals surface area contributed by atoms with Crippen molar-refractivity contribution in [1.82, 2.24) is 4.98 Å². The molecule has 1 saturated heterocycles. The van der Waals surface area contributed by atoms with Crippen LogP contribution in [0.1, 0.15) is 25.4 Å². The summed E-state index contributed by atoms with van der Waals surface area (Å²) in [6.07, 6.45) is 0.166. The maximum Gasteiger partial charge on any atom is 0.236 e. The van der Waals surface area contributed by atoms with E-state index >= 15 is 0 Å². The van der Waals surface area contributed by atoms with E-state index in [9.17, 15) is 5.26 Å². The molecular weight excluding hydrogens is 294 g/mol. The molecule has 0 saturated carbocycles. The van der Waals surface area contributed by atoms with Crippen LogP contribution in [0, 0.1) is 11.3 Å². The van der Waals surface area contributed by atoms with E-state index in [0.29, 0.717) is 24.9 Å². The topological polar surface area (TPSA) is 71.5 Å². The van der Waals surface area contributed by atoms with Gasteiger partial charge in [0.05, 0.1) is 12.2 Å². The number of nitriles is 1. The van der Waals surface area contributed by atoms with Crippen molar-refractivity contribution in [2.45, 2.75) is 32.7 Å². The first kappa shape index (κ1) is 15.4. The SMILES string of the molecule is C[C@H]1CN(c2oc(COc3ccccc3)nc2C#N)C[C@H](C)O1. The number of aromatic nitrogens is 1. The first-order valence-corrected chi connectivity index (χ1v) is 7.63. The summed E-state index contributed by atoms with van der Waals surface area (Å²) in [5.74, 6) is 1.63. The average molecular weight is 313 g/mol. The first-order chi connectivity index (χ1) is 11.2. The Morgan fingerprint density at radius 2 is 1.96 bits per heavy atom. The summed E-state index contributed by atoms with van der Waals surface area (Å²) >= 11 is 0. The molecule has 1 aromatic carbocycles. The summed E-state index contributed by atoms with van der Waals surface area (Å²) < 4.78 is 17.1. The zero-order chi connectivity index (χ0) is 16.2. The number of hydrogen-bond donors (Lipinski definition) is 0. The Hall–Kier alpha value is -2.52. The van der Waals surface area contributed by atoms with Crippen LogP contribution in [-0.2, 0) is 11.3 Å². The lowest BCUT2D eigenvalue weighted by Gasteiger charge is -2.34. The first-order valence-electron chi connectivity index (χ1n) is 7.63. The Kier molecular flexibility index (Phi) is 4.49. The van der Waals surface area contributed by atoms with Crippen LogP contribution in [0.3, 0.4) is 0 Å². The van der Waals surface area contributed by atoms with Gasteiger partial charge >= 0.3 is 0 Å². The van der Waals surface area contributed by atoms with E-state index in [0.717, 1.165) is 5.75 Å². The van der Waals surface area contributed by atoms with Gasteiger partial charge in [-0.15, -0.1) is 0 Å². The van der Waals surface area contributed by atoms with Crippen LogP contribution < -0.4 is 9.64 Å². The molecule has 1 fully saturated rings. The van der Waals surface area contributed by atoms with Gasteiger partial charge in [0.1, 0.15) is 11.8 Å². The minimum atomic E-state index is 0.0828. The summed E-state index contributed by atoms with van der Waals surface area (Å²) in [5, 5.41) is 9.31. The second-order valence-corrected chi connectivity index (χ2v) is 5.64. The highest BCUT2D eigenvalue weighted by atomic mass is 16.5. The summed E-state index contributed by atoms with van der Waals surface area (Å²) in [5.41, 5.74) is 0.290. The van der Waals surface area contributed by atoms with Gasteiger partial charge in [0.2, 0.25) is 17.5 Å². The van der Waals surface area contributed by atoms with Gasteiger partial charge in [-0.3, -0.25) is 0 Å². The van der Waals surface area contributed by atoms with Crippen molar-refractivity contribution in [3.05, 3.63) is 41.9 Å². The van der Waals surface area contributed by atoms with Crippen molar-refractivity contribution in [3.63, 3.8) is 0 Å². The second kappa shape index (κ2) is 6.71. The van der Waals surface area contributed by atoms with Crippen molar-refractivity contribution in [1.29, 1.82) is 5.26 Å². The highest BCUT2D eigenvalue weighted by Gasteiger charge is 2.27. The van der Waals surface area contributed by atoms with E-state index < -0.39 is 0 Å². The fraction of sp³-hybridized carbons (Fsp3) is 0.412. The van der Waals surface area contributed by atoms with Crippen LogP contribution in [0.25, 0.3) is 0 Å². The third-order valence-corrected chi connectivity index (χ3v) is 3.57. The summed E-state index contributed by atoms with van der Waals surface area (Å²) in [6.45, 7) is 5.55. The molecule has 6 heteroatoms. The minimum absolute atomic E-state index is 0.0828. The summed E-state index contributed by atoms with van der Waals surface area (Å²) in [7, 11) is 0. The molecule has 0 aliphatic carbocycles. The van der Waals surface area contributed by atoms with Gasteiger partial charge in [-0.1, -0.05) is 18.2 Å². The van der Waals surface area contributed by atoms with E-state index in [1.165, 1.54) is 0 Å². The van der Waals surface area contributed by atoms with Crippen LogP contribution in [0.5, 0.6) is 5.75 Å². The highest BCUT2D eigenvalue weighted by Crippen LogP contribution is 2.26. The third-order valence-electron chi connectivity index (χ3n) is 3.57. The Labute approximate surface area is 135 Å². The van der Waals surface area contributed by atoms with Gasteiger partial charge < -0.3 is 18.8 Å². The van der Waals surface area contributed by atoms with E-state index in [2.05, 4.69) is 11.1 Å². The molecule has 2 heterocycles. The number of rotatable bonds is 4. The molecule has 2 aromatic rings. The summed E-state index contributed by atoms with van der Waals surface area (Å²) in [4.78, 5) is 6.24. The second-order valence-electron chi connectivity index (χ2n) is 5.64. The van der Waals surface area contributed by atoms with Crippen molar-refractivity contribution >= 4 is 5.88 Å². The van der Waals surface area contributed by atoms with Gasteiger partial charge in [-0.2, -0.15) is 10.2 Å². The number of hydrogen-bond acceptors (Lipinski definition) is 6. The molecule has 0 amide bonds. The Morgan fingerprint density at radius 1 is 1.26 bits per heavy atom. The number of para-hydroxylation sites is 1. The molecule has 1 aromatic heterocycles. The fourth-order valence-electron chi connectivity index (χ4n) is 2.71. The number of nitrogens with zero attached hydrogens (tertiary/aromatic N) is 3. The number of oxazole rings is 1. The Bertz CT molecular complexity index is 683. The number of ether oxygens (including phenoxy) is 2. The Morgan fingerprint density at radius 3 is 2.61 bits per heavy atom. The zero-order valence-corrected chi connectivity index (χ0v) is 13.2. The number of morpholine rings is 1. The molecule has 0 unspecified atom stereocenters. The van der Waals surface area contributed by atoms with Gasteiger partial charge in [0.25, 0.3) is 0 Å². The van der Waals surface area contributed by atoms with Crippen molar-refractivity contribution in [2.75, 3.05) is 18.0 Å². The molecule has 23 heavy (non-hydrogen) atoms. The molecule has 0 radical (unpaired) electrons. The van der Waals surface area contributed by atoms with Gasteiger partial charge in [-0.05, 0) is 26.0 Å². The molecule has 2 atom stereocenters. The average Bonchev–Trinajstić information content (AvgIpc) is 2.96. The lowest BCUT2D eigenvalue weighted by Crippen LogP contribution is -2.45. The molecule has 6 nitrogen and oxygen atoms in total. The lowest BCUT2D eigenvalue weighted by molar-refractivity contribution is -0.00651. The molecule has 120 valence electrons. The van der Waals surface area contributed by atoms with Gasteiger partial charge in [-0.25, -0.2) is 0 Å². The third kappa shape index (κ3) is 3.63. The van der Waals surface area contributed by atoms with Crippen molar-refractivity contribution in [2.24, 2.45) is 0 Å². The maximum absolute atomic E-state index is 9.31. The molecule has 0 N–H and O–H groups in total. The fourth-order valence-corrected chi connectivity index (χ4v) is 2.71. The van der Waals surface area contributed by atoms with E-state index in [1.807, 2.05) is 49.1 Å². The van der Waals surface area contributed by atoms with Crippen LogP contribution >= 0.6 is 0 Å². The summed E-state index contributed by atoms with van der Waals surface area (Å²) in [6, 6.07) is 11.5. The highest BCUT2D eigenvalue weighted by molar-refractivity contribution is 5.48. The van der Waals surface area contributed by atoms with Crippen molar-refractivity contribution in [3.8, 4) is 11.8 Å². The molecule has 1 aliphatic rings. The van der Waals surface area contributed by atoms with Crippen LogP contribution in [0.2, 0.25) is 0 Å².